The summed E-state index contributed by atoms with van der Waals surface area (Å²) in [6, 6.07) is 1.92. The Kier molecular flexibility index (Phi) is 3.71. The number of carbonyl (C=O) groups excluding carboxylic acids is 1. The standard InChI is InChI=1S/C18H16FN3O3/c19-13-7-12-4-6-21(17-10-20-5-3-15(17)11-1-2-11)18(23)16(12)9-14(8-13)22(24)25/h3,5,7-11,13H,1-2,4,6H2. The second-order valence-corrected chi connectivity index (χ2v) is 6.46. The molecule has 1 saturated heterocycles. The molecule has 0 aromatic carbocycles. The van der Waals surface area contributed by atoms with Crippen molar-refractivity contribution in [2.45, 2.75) is 31.4 Å². The van der Waals surface area contributed by atoms with Crippen LogP contribution in [0.3, 0.4) is 0 Å². The van der Waals surface area contributed by atoms with Crippen LogP contribution in [0.15, 0.2) is 53.5 Å². The smallest absolute Gasteiger partial charge is 0.269 e. The Morgan fingerprint density at radius 1 is 1.32 bits per heavy atom. The number of nitrogens with zero attached hydrogens (tertiary/aromatic N) is 3. The lowest BCUT2D eigenvalue weighted by Crippen LogP contribution is -2.38. The average molecular weight is 341 g/mol. The number of hydrogen-bond donors (Lipinski definition) is 0. The summed E-state index contributed by atoms with van der Waals surface area (Å²) in [5.74, 6) is 0.101. The van der Waals surface area contributed by atoms with Gasteiger partial charge in [-0.1, -0.05) is 0 Å². The molecule has 7 heteroatoms. The number of carbonyl (C=O) groups is 1. The molecule has 0 spiro atoms. The van der Waals surface area contributed by atoms with Crippen LogP contribution in [0.1, 0.15) is 30.7 Å². The SMILES string of the molecule is O=C1C2=CC([N+](=O)[O-])=CC(F)C=C2CCN1c1cnccc1C1CC1. The first-order valence-electron chi connectivity index (χ1n) is 8.23. The number of piperidine rings is 1. The predicted molar refractivity (Wildman–Crippen MR) is 89.3 cm³/mol. The van der Waals surface area contributed by atoms with Gasteiger partial charge in [0.2, 0.25) is 0 Å². The quantitative estimate of drug-likeness (QED) is 0.625. The largest absolute Gasteiger partial charge is 0.306 e. The third-order valence-electron chi connectivity index (χ3n) is 4.76. The van der Waals surface area contributed by atoms with Gasteiger partial charge in [0, 0.05) is 30.5 Å². The fourth-order valence-electron chi connectivity index (χ4n) is 3.38. The van der Waals surface area contributed by atoms with Crippen LogP contribution < -0.4 is 4.90 Å². The van der Waals surface area contributed by atoms with Crippen LogP contribution in [0.2, 0.25) is 0 Å². The van der Waals surface area contributed by atoms with Crippen LogP contribution in [-0.4, -0.2) is 28.5 Å². The molecule has 1 aliphatic heterocycles. The molecule has 0 bridgehead atoms. The highest BCUT2D eigenvalue weighted by Crippen LogP contribution is 2.45. The summed E-state index contributed by atoms with van der Waals surface area (Å²) >= 11 is 0. The van der Waals surface area contributed by atoms with Crippen molar-refractivity contribution in [2.75, 3.05) is 11.4 Å². The highest BCUT2D eigenvalue weighted by Gasteiger charge is 2.35. The van der Waals surface area contributed by atoms with E-state index in [1.807, 2.05) is 6.07 Å². The normalized spacial score (nSPS) is 23.2. The minimum Gasteiger partial charge on any atom is -0.306 e. The Labute approximate surface area is 143 Å². The van der Waals surface area contributed by atoms with Crippen LogP contribution in [-0.2, 0) is 4.79 Å². The molecule has 1 aromatic heterocycles. The number of allylic oxidation sites excluding steroid dienone is 3. The zero-order valence-electron chi connectivity index (χ0n) is 13.4. The van der Waals surface area contributed by atoms with Crippen molar-refractivity contribution >= 4 is 11.6 Å². The number of aromatic nitrogens is 1. The summed E-state index contributed by atoms with van der Waals surface area (Å²) in [6.45, 7) is 0.411. The Bertz CT molecular complexity index is 855. The van der Waals surface area contributed by atoms with Crippen LogP contribution in [0.25, 0.3) is 0 Å². The van der Waals surface area contributed by atoms with E-state index in [0.29, 0.717) is 24.5 Å². The van der Waals surface area contributed by atoms with Gasteiger partial charge in [0.05, 0.1) is 16.8 Å². The molecule has 3 aliphatic rings. The molecule has 1 saturated carbocycles. The van der Waals surface area contributed by atoms with Gasteiger partial charge < -0.3 is 4.90 Å². The van der Waals surface area contributed by atoms with E-state index in [2.05, 4.69) is 4.98 Å². The lowest BCUT2D eigenvalue weighted by Gasteiger charge is -2.31. The van der Waals surface area contributed by atoms with Crippen molar-refractivity contribution in [3.8, 4) is 0 Å². The number of nitro groups is 1. The molecule has 0 N–H and O–H groups in total. The van der Waals surface area contributed by atoms with Crippen molar-refractivity contribution in [3.63, 3.8) is 0 Å². The third-order valence-corrected chi connectivity index (χ3v) is 4.76. The molecule has 2 aliphatic carbocycles. The van der Waals surface area contributed by atoms with Crippen molar-refractivity contribution in [2.24, 2.45) is 0 Å². The molecule has 1 unspecified atom stereocenters. The average Bonchev–Trinajstić information content (AvgIpc) is 3.42. The van der Waals surface area contributed by atoms with Crippen molar-refractivity contribution < 1.29 is 14.1 Å². The fraction of sp³-hybridized carbons (Fsp3) is 0.333. The van der Waals surface area contributed by atoms with E-state index >= 15 is 0 Å². The van der Waals surface area contributed by atoms with E-state index in [1.54, 1.807) is 17.3 Å². The van der Waals surface area contributed by atoms with Gasteiger partial charge in [0.25, 0.3) is 11.6 Å². The summed E-state index contributed by atoms with van der Waals surface area (Å²) in [4.78, 5) is 29.2. The van der Waals surface area contributed by atoms with Gasteiger partial charge in [-0.3, -0.25) is 19.9 Å². The Balaban J connectivity index is 1.74. The van der Waals surface area contributed by atoms with E-state index in [4.69, 9.17) is 0 Å². The molecule has 1 aromatic rings. The maximum atomic E-state index is 13.9. The molecule has 2 heterocycles. The first-order valence-corrected chi connectivity index (χ1v) is 8.23. The number of alkyl halides is 1. The highest BCUT2D eigenvalue weighted by molar-refractivity contribution is 6.10. The van der Waals surface area contributed by atoms with Crippen molar-refractivity contribution in [1.82, 2.24) is 4.98 Å². The number of rotatable bonds is 3. The van der Waals surface area contributed by atoms with Gasteiger partial charge in [-0.15, -0.1) is 0 Å². The van der Waals surface area contributed by atoms with E-state index in [0.717, 1.165) is 30.2 Å². The predicted octanol–water partition coefficient (Wildman–Crippen LogP) is 3.06. The zero-order valence-corrected chi connectivity index (χ0v) is 13.4. The monoisotopic (exact) mass is 341 g/mol. The molecule has 1 atom stereocenters. The molecular weight excluding hydrogens is 325 g/mol. The highest BCUT2D eigenvalue weighted by atomic mass is 19.1. The van der Waals surface area contributed by atoms with Gasteiger partial charge >= 0.3 is 0 Å². The Morgan fingerprint density at radius 2 is 2.12 bits per heavy atom. The third kappa shape index (κ3) is 2.86. The summed E-state index contributed by atoms with van der Waals surface area (Å²) in [6.07, 6.45) is 7.85. The van der Waals surface area contributed by atoms with E-state index in [1.165, 1.54) is 12.2 Å². The maximum absolute atomic E-state index is 13.9. The van der Waals surface area contributed by atoms with Crippen LogP contribution in [0, 0.1) is 10.1 Å². The van der Waals surface area contributed by atoms with Crippen molar-refractivity contribution in [1.29, 1.82) is 0 Å². The number of pyridine rings is 1. The topological polar surface area (TPSA) is 76.3 Å². The number of fused-ring (bicyclic) bond motifs is 1. The Morgan fingerprint density at radius 3 is 2.84 bits per heavy atom. The maximum Gasteiger partial charge on any atom is 0.269 e. The molecule has 1 amide bonds. The second-order valence-electron chi connectivity index (χ2n) is 6.46. The minimum atomic E-state index is -1.57. The summed E-state index contributed by atoms with van der Waals surface area (Å²) in [7, 11) is 0. The fourth-order valence-corrected chi connectivity index (χ4v) is 3.38. The summed E-state index contributed by atoms with van der Waals surface area (Å²) < 4.78 is 13.9. The second kappa shape index (κ2) is 5.91. The Hall–Kier alpha value is -2.83. The first kappa shape index (κ1) is 15.7. The van der Waals surface area contributed by atoms with Gasteiger partial charge in [-0.2, -0.15) is 0 Å². The van der Waals surface area contributed by atoms with Gasteiger partial charge in [-0.25, -0.2) is 4.39 Å². The van der Waals surface area contributed by atoms with Crippen LogP contribution >= 0.6 is 0 Å². The molecule has 4 rings (SSSR count). The number of amides is 1. The van der Waals surface area contributed by atoms with Gasteiger partial charge in [0.1, 0.15) is 6.17 Å². The lowest BCUT2D eigenvalue weighted by molar-refractivity contribution is -0.419. The molecular formula is C18H16FN3O3. The lowest BCUT2D eigenvalue weighted by atomic mass is 9.95. The van der Waals surface area contributed by atoms with E-state index in [-0.39, 0.29) is 11.5 Å². The number of hydrogen-bond acceptors (Lipinski definition) is 4. The van der Waals surface area contributed by atoms with Crippen molar-refractivity contribution in [3.05, 3.63) is 69.2 Å². The van der Waals surface area contributed by atoms with E-state index in [9.17, 15) is 19.3 Å². The molecule has 0 radical (unpaired) electrons. The first-order chi connectivity index (χ1) is 12.0. The summed E-state index contributed by atoms with van der Waals surface area (Å²) in [5, 5.41) is 11.1. The molecule has 25 heavy (non-hydrogen) atoms. The zero-order chi connectivity index (χ0) is 17.6. The molecule has 2 fully saturated rings. The van der Waals surface area contributed by atoms with Crippen LogP contribution in [0.5, 0.6) is 0 Å². The van der Waals surface area contributed by atoms with Gasteiger partial charge in [-0.05, 0) is 48.5 Å². The van der Waals surface area contributed by atoms with Crippen LogP contribution in [0.4, 0.5) is 10.1 Å². The summed E-state index contributed by atoms with van der Waals surface area (Å²) in [5.41, 5.74) is 2.16. The molecule has 6 nitrogen and oxygen atoms in total. The number of anilines is 1. The minimum absolute atomic E-state index is 0.194. The molecule has 128 valence electrons. The van der Waals surface area contributed by atoms with E-state index < -0.39 is 16.8 Å². The van der Waals surface area contributed by atoms with Gasteiger partial charge in [0.15, 0.2) is 0 Å². The number of halogens is 1.